The number of aryl methyl sites for hydroxylation is 1. The summed E-state index contributed by atoms with van der Waals surface area (Å²) in [6.45, 7) is 6.12. The summed E-state index contributed by atoms with van der Waals surface area (Å²) in [4.78, 5) is 13.1. The molecule has 0 atom stereocenters. The highest BCUT2D eigenvalue weighted by molar-refractivity contribution is 5.56. The molecule has 0 bridgehead atoms. The summed E-state index contributed by atoms with van der Waals surface area (Å²) in [5.41, 5.74) is 9.25. The third-order valence-corrected chi connectivity index (χ3v) is 2.62. The van der Waals surface area contributed by atoms with E-state index in [0.717, 1.165) is 17.0 Å². The molecular formula is C13H16N4. The first-order chi connectivity index (χ1) is 8.09. The lowest BCUT2D eigenvalue weighted by Gasteiger charge is -2.10. The van der Waals surface area contributed by atoms with Crippen LogP contribution in [0.5, 0.6) is 0 Å². The maximum atomic E-state index is 5.86. The van der Waals surface area contributed by atoms with Gasteiger partial charge in [0.05, 0.1) is 17.6 Å². The number of hydrogen-bond donors (Lipinski definition) is 1. The lowest BCUT2D eigenvalue weighted by atomic mass is 10.1. The van der Waals surface area contributed by atoms with E-state index < -0.39 is 0 Å². The molecule has 0 amide bonds. The van der Waals surface area contributed by atoms with E-state index in [2.05, 4.69) is 28.8 Å². The fourth-order valence-corrected chi connectivity index (χ4v) is 1.70. The summed E-state index contributed by atoms with van der Waals surface area (Å²) in [5, 5.41) is 0. The number of rotatable bonds is 2. The van der Waals surface area contributed by atoms with Crippen molar-refractivity contribution in [1.29, 1.82) is 0 Å². The molecule has 17 heavy (non-hydrogen) atoms. The van der Waals surface area contributed by atoms with Crippen LogP contribution in [0.3, 0.4) is 0 Å². The fourth-order valence-electron chi connectivity index (χ4n) is 1.70. The van der Waals surface area contributed by atoms with Crippen LogP contribution in [-0.4, -0.2) is 15.0 Å². The zero-order valence-electron chi connectivity index (χ0n) is 10.3. The molecule has 0 aliphatic rings. The van der Waals surface area contributed by atoms with Crippen molar-refractivity contribution in [3.05, 3.63) is 35.8 Å². The Bertz CT molecular complexity index is 535. The van der Waals surface area contributed by atoms with Crippen molar-refractivity contribution in [3.8, 4) is 11.5 Å². The van der Waals surface area contributed by atoms with E-state index in [0.29, 0.717) is 11.5 Å². The minimum absolute atomic E-state index is 0.278. The molecular weight excluding hydrogens is 212 g/mol. The normalized spacial score (nSPS) is 10.8. The standard InChI is InChI=1S/C13H16N4/c1-8(2)11-10(14)7-16-13(17-11)12-9(3)5-4-6-15-12/h4-8H,14H2,1-3H3. The monoisotopic (exact) mass is 228 g/mol. The number of nitrogens with two attached hydrogens (primary N) is 1. The van der Waals surface area contributed by atoms with Gasteiger partial charge in [0.2, 0.25) is 0 Å². The van der Waals surface area contributed by atoms with Crippen molar-refractivity contribution in [1.82, 2.24) is 15.0 Å². The molecule has 2 aromatic heterocycles. The number of nitrogen functional groups attached to an aromatic ring is 1. The summed E-state index contributed by atoms with van der Waals surface area (Å²) in [6.07, 6.45) is 3.41. The Balaban J connectivity index is 2.54. The second-order valence-electron chi connectivity index (χ2n) is 4.36. The number of aromatic nitrogens is 3. The Morgan fingerprint density at radius 1 is 1.24 bits per heavy atom. The second-order valence-corrected chi connectivity index (χ2v) is 4.36. The summed E-state index contributed by atoms with van der Waals surface area (Å²) in [5.74, 6) is 0.918. The number of pyridine rings is 1. The van der Waals surface area contributed by atoms with E-state index in [9.17, 15) is 0 Å². The van der Waals surface area contributed by atoms with Crippen LogP contribution in [0.15, 0.2) is 24.5 Å². The number of nitrogens with zero attached hydrogens (tertiary/aromatic N) is 3. The highest BCUT2D eigenvalue weighted by atomic mass is 14.9. The molecule has 2 rings (SSSR count). The number of hydrogen-bond acceptors (Lipinski definition) is 4. The van der Waals surface area contributed by atoms with Crippen molar-refractivity contribution in [2.45, 2.75) is 26.7 Å². The average molecular weight is 228 g/mol. The molecule has 0 aliphatic heterocycles. The summed E-state index contributed by atoms with van der Waals surface area (Å²) < 4.78 is 0. The number of anilines is 1. The van der Waals surface area contributed by atoms with Crippen molar-refractivity contribution in [2.24, 2.45) is 0 Å². The Morgan fingerprint density at radius 2 is 2.00 bits per heavy atom. The van der Waals surface area contributed by atoms with Gasteiger partial charge in [0.1, 0.15) is 5.69 Å². The van der Waals surface area contributed by atoms with Gasteiger partial charge in [0.25, 0.3) is 0 Å². The second kappa shape index (κ2) is 4.49. The van der Waals surface area contributed by atoms with Crippen LogP contribution in [0, 0.1) is 6.92 Å². The van der Waals surface area contributed by atoms with Crippen molar-refractivity contribution in [3.63, 3.8) is 0 Å². The fraction of sp³-hybridized carbons (Fsp3) is 0.308. The molecule has 0 aliphatic carbocycles. The summed E-state index contributed by atoms with van der Waals surface area (Å²) in [7, 11) is 0. The molecule has 0 saturated heterocycles. The van der Waals surface area contributed by atoms with E-state index in [4.69, 9.17) is 5.73 Å². The van der Waals surface area contributed by atoms with Crippen molar-refractivity contribution < 1.29 is 0 Å². The van der Waals surface area contributed by atoms with Gasteiger partial charge in [-0.05, 0) is 24.5 Å². The zero-order chi connectivity index (χ0) is 12.4. The highest BCUT2D eigenvalue weighted by Crippen LogP contribution is 2.23. The van der Waals surface area contributed by atoms with E-state index >= 15 is 0 Å². The SMILES string of the molecule is Cc1cccnc1-c1ncc(N)c(C(C)C)n1. The lowest BCUT2D eigenvalue weighted by Crippen LogP contribution is -2.04. The summed E-state index contributed by atoms with van der Waals surface area (Å²) in [6, 6.07) is 3.90. The molecule has 0 fully saturated rings. The Kier molecular flexibility index (Phi) is 3.04. The molecule has 0 saturated carbocycles. The van der Waals surface area contributed by atoms with Gasteiger partial charge in [-0.2, -0.15) is 0 Å². The maximum absolute atomic E-state index is 5.86. The summed E-state index contributed by atoms with van der Waals surface area (Å²) >= 11 is 0. The Labute approximate surface area is 101 Å². The van der Waals surface area contributed by atoms with Gasteiger partial charge in [0, 0.05) is 6.20 Å². The quantitative estimate of drug-likeness (QED) is 0.857. The first-order valence-electron chi connectivity index (χ1n) is 5.64. The Hall–Kier alpha value is -1.97. The van der Waals surface area contributed by atoms with Gasteiger partial charge in [-0.3, -0.25) is 4.98 Å². The molecule has 0 aromatic carbocycles. The molecule has 2 N–H and O–H groups in total. The third kappa shape index (κ3) is 2.25. The smallest absolute Gasteiger partial charge is 0.178 e. The topological polar surface area (TPSA) is 64.7 Å². The van der Waals surface area contributed by atoms with Crippen molar-refractivity contribution >= 4 is 5.69 Å². The van der Waals surface area contributed by atoms with E-state index in [-0.39, 0.29) is 5.92 Å². The van der Waals surface area contributed by atoms with Gasteiger partial charge in [-0.1, -0.05) is 19.9 Å². The highest BCUT2D eigenvalue weighted by Gasteiger charge is 2.11. The predicted molar refractivity (Wildman–Crippen MR) is 68.5 cm³/mol. The molecule has 4 nitrogen and oxygen atoms in total. The average Bonchev–Trinajstić information content (AvgIpc) is 2.30. The van der Waals surface area contributed by atoms with Crippen LogP contribution in [0.25, 0.3) is 11.5 Å². The zero-order valence-corrected chi connectivity index (χ0v) is 10.3. The minimum Gasteiger partial charge on any atom is -0.396 e. The van der Waals surface area contributed by atoms with Crippen LogP contribution in [-0.2, 0) is 0 Å². The molecule has 0 spiro atoms. The van der Waals surface area contributed by atoms with E-state index in [1.807, 2.05) is 19.1 Å². The lowest BCUT2D eigenvalue weighted by molar-refractivity contribution is 0.820. The van der Waals surface area contributed by atoms with Gasteiger partial charge < -0.3 is 5.73 Å². The third-order valence-electron chi connectivity index (χ3n) is 2.62. The molecule has 88 valence electrons. The van der Waals surface area contributed by atoms with Crippen LogP contribution in [0.1, 0.15) is 31.0 Å². The van der Waals surface area contributed by atoms with Crippen molar-refractivity contribution in [2.75, 3.05) is 5.73 Å². The molecule has 0 unspecified atom stereocenters. The molecule has 0 radical (unpaired) electrons. The minimum atomic E-state index is 0.278. The van der Waals surface area contributed by atoms with Crippen LogP contribution in [0.4, 0.5) is 5.69 Å². The van der Waals surface area contributed by atoms with Crippen LogP contribution < -0.4 is 5.73 Å². The van der Waals surface area contributed by atoms with Crippen LogP contribution in [0.2, 0.25) is 0 Å². The Morgan fingerprint density at radius 3 is 2.65 bits per heavy atom. The predicted octanol–water partition coefficient (Wildman–Crippen LogP) is 2.55. The maximum Gasteiger partial charge on any atom is 0.178 e. The largest absolute Gasteiger partial charge is 0.396 e. The van der Waals surface area contributed by atoms with Crippen LogP contribution >= 0.6 is 0 Å². The van der Waals surface area contributed by atoms with Gasteiger partial charge in [-0.15, -0.1) is 0 Å². The molecule has 4 heteroatoms. The first-order valence-corrected chi connectivity index (χ1v) is 5.64. The van der Waals surface area contributed by atoms with Gasteiger partial charge in [0.15, 0.2) is 5.82 Å². The molecule has 2 heterocycles. The van der Waals surface area contributed by atoms with E-state index in [1.54, 1.807) is 12.4 Å². The van der Waals surface area contributed by atoms with E-state index in [1.165, 1.54) is 0 Å². The van der Waals surface area contributed by atoms with Gasteiger partial charge >= 0.3 is 0 Å². The molecule has 2 aromatic rings. The van der Waals surface area contributed by atoms with Gasteiger partial charge in [-0.25, -0.2) is 9.97 Å². The first kappa shape index (κ1) is 11.5.